The van der Waals surface area contributed by atoms with Crippen molar-refractivity contribution in [3.63, 3.8) is 0 Å². The van der Waals surface area contributed by atoms with Crippen molar-refractivity contribution in [3.8, 4) is 0 Å². The molecule has 0 aromatic rings. The molecule has 0 heterocycles. The van der Waals surface area contributed by atoms with Crippen molar-refractivity contribution in [1.29, 1.82) is 0 Å². The summed E-state index contributed by atoms with van der Waals surface area (Å²) in [4.78, 5) is 22.7. The second kappa shape index (κ2) is 11.4. The molecule has 7 nitrogen and oxygen atoms in total. The van der Waals surface area contributed by atoms with Crippen molar-refractivity contribution in [2.24, 2.45) is 0 Å². The van der Waals surface area contributed by atoms with Crippen molar-refractivity contribution in [3.05, 3.63) is 0 Å². The van der Waals surface area contributed by atoms with Crippen LogP contribution in [-0.2, 0) is 33.3 Å². The molecule has 0 aliphatic rings. The fraction of sp³-hybridized carbons (Fsp3) is 0.875. The smallest absolute Gasteiger partial charge is 0.335 e. The highest BCUT2D eigenvalue weighted by Gasteiger charge is 2.21. The zero-order chi connectivity index (χ0) is 18.0. The molecule has 0 radical (unpaired) electrons. The van der Waals surface area contributed by atoms with Gasteiger partial charge in [0.15, 0.2) is 12.4 Å². The minimum Gasteiger partial charge on any atom is -0.460 e. The molecule has 0 saturated carbocycles. The molecule has 136 valence electrons. The molecular formula is C16H30O7. The van der Waals surface area contributed by atoms with Crippen LogP contribution in [0.1, 0.15) is 48.5 Å². The average Bonchev–Trinajstić information content (AvgIpc) is 2.42. The Morgan fingerprint density at radius 3 is 1.87 bits per heavy atom. The first-order chi connectivity index (χ1) is 10.6. The van der Waals surface area contributed by atoms with Crippen LogP contribution in [-0.4, -0.2) is 55.9 Å². The summed E-state index contributed by atoms with van der Waals surface area (Å²) in [5.41, 5.74) is 0. The minimum atomic E-state index is -0.768. The predicted octanol–water partition coefficient (Wildman–Crippen LogP) is 2.06. The van der Waals surface area contributed by atoms with Gasteiger partial charge in [0, 0.05) is 6.92 Å². The molecule has 0 aromatic heterocycles. The fourth-order valence-electron chi connectivity index (χ4n) is 1.63. The molecule has 0 aliphatic heterocycles. The molecule has 0 bridgehead atoms. The topological polar surface area (TPSA) is 80.3 Å². The minimum absolute atomic E-state index is 0.0810. The van der Waals surface area contributed by atoms with E-state index in [4.69, 9.17) is 23.7 Å². The van der Waals surface area contributed by atoms with Crippen LogP contribution in [0.4, 0.5) is 0 Å². The number of ether oxygens (including phenoxy) is 5. The molecule has 0 aromatic carbocycles. The van der Waals surface area contributed by atoms with Gasteiger partial charge in [-0.2, -0.15) is 0 Å². The molecule has 0 N–H and O–H groups in total. The van der Waals surface area contributed by atoms with E-state index in [-0.39, 0.29) is 30.9 Å². The van der Waals surface area contributed by atoms with Gasteiger partial charge in [-0.15, -0.1) is 0 Å². The van der Waals surface area contributed by atoms with E-state index >= 15 is 0 Å². The third-order valence-electron chi connectivity index (χ3n) is 2.64. The van der Waals surface area contributed by atoms with Crippen molar-refractivity contribution in [1.82, 2.24) is 0 Å². The lowest BCUT2D eigenvalue weighted by atomic mass is 10.3. The molecule has 0 spiro atoms. The van der Waals surface area contributed by atoms with Crippen LogP contribution in [0.15, 0.2) is 0 Å². The Morgan fingerprint density at radius 1 is 0.826 bits per heavy atom. The molecule has 23 heavy (non-hydrogen) atoms. The van der Waals surface area contributed by atoms with Gasteiger partial charge in [0.2, 0.25) is 0 Å². The maximum Gasteiger partial charge on any atom is 0.335 e. The Morgan fingerprint density at radius 2 is 1.35 bits per heavy atom. The summed E-state index contributed by atoms with van der Waals surface area (Å²) in [6.45, 7) is 12.4. The molecule has 0 saturated heterocycles. The summed E-state index contributed by atoms with van der Waals surface area (Å²) in [7, 11) is 0. The first kappa shape index (κ1) is 21.8. The van der Waals surface area contributed by atoms with E-state index in [1.165, 1.54) is 6.92 Å². The van der Waals surface area contributed by atoms with Crippen LogP contribution in [0.3, 0.4) is 0 Å². The lowest BCUT2D eigenvalue weighted by Crippen LogP contribution is -2.33. The van der Waals surface area contributed by atoms with E-state index in [1.54, 1.807) is 27.7 Å². The molecule has 4 atom stereocenters. The highest BCUT2D eigenvalue weighted by atomic mass is 16.7. The first-order valence-electron chi connectivity index (χ1n) is 7.88. The molecule has 7 heteroatoms. The Bertz CT molecular complexity index is 356. The maximum atomic E-state index is 11.9. The number of hydrogen-bond acceptors (Lipinski definition) is 7. The third-order valence-corrected chi connectivity index (χ3v) is 2.64. The van der Waals surface area contributed by atoms with Crippen LogP contribution < -0.4 is 0 Å². The number of rotatable bonds is 11. The third kappa shape index (κ3) is 12.0. The zero-order valence-corrected chi connectivity index (χ0v) is 15.2. The monoisotopic (exact) mass is 334 g/mol. The summed E-state index contributed by atoms with van der Waals surface area (Å²) in [5, 5.41) is 0. The van der Waals surface area contributed by atoms with Crippen molar-refractivity contribution in [2.45, 2.75) is 79.2 Å². The summed E-state index contributed by atoms with van der Waals surface area (Å²) in [6.07, 6.45) is -2.05. The van der Waals surface area contributed by atoms with Gasteiger partial charge in [0.25, 0.3) is 0 Å². The molecule has 0 aliphatic carbocycles. The van der Waals surface area contributed by atoms with Crippen molar-refractivity contribution in [2.75, 3.05) is 13.2 Å². The van der Waals surface area contributed by atoms with Crippen molar-refractivity contribution >= 4 is 11.9 Å². The van der Waals surface area contributed by atoms with Crippen LogP contribution in [0, 0.1) is 0 Å². The second-order valence-corrected chi connectivity index (χ2v) is 5.73. The Balaban J connectivity index is 4.03. The lowest BCUT2D eigenvalue weighted by molar-refractivity contribution is -0.197. The summed E-state index contributed by atoms with van der Waals surface area (Å²) < 4.78 is 26.3. The van der Waals surface area contributed by atoms with Crippen LogP contribution >= 0.6 is 0 Å². The Kier molecular flexibility index (Phi) is 10.8. The fourth-order valence-corrected chi connectivity index (χ4v) is 1.63. The molecule has 4 unspecified atom stereocenters. The van der Waals surface area contributed by atoms with Gasteiger partial charge in [0.05, 0.1) is 19.3 Å². The quantitative estimate of drug-likeness (QED) is 0.422. The average molecular weight is 334 g/mol. The molecular weight excluding hydrogens is 304 g/mol. The summed E-state index contributed by atoms with van der Waals surface area (Å²) >= 11 is 0. The first-order valence-corrected chi connectivity index (χ1v) is 7.88. The van der Waals surface area contributed by atoms with Crippen molar-refractivity contribution < 1.29 is 33.3 Å². The van der Waals surface area contributed by atoms with Gasteiger partial charge in [0.1, 0.15) is 12.2 Å². The highest BCUT2D eigenvalue weighted by Crippen LogP contribution is 2.06. The Labute approximate surface area is 138 Å². The van der Waals surface area contributed by atoms with Crippen LogP contribution in [0.5, 0.6) is 0 Å². The van der Waals surface area contributed by atoms with E-state index < -0.39 is 18.4 Å². The second-order valence-electron chi connectivity index (χ2n) is 5.73. The summed E-state index contributed by atoms with van der Waals surface area (Å²) in [5.74, 6) is -0.849. The van der Waals surface area contributed by atoms with Crippen LogP contribution in [0.25, 0.3) is 0 Å². The predicted molar refractivity (Wildman–Crippen MR) is 83.8 cm³/mol. The number of carbonyl (C=O) groups excluding carboxylic acids is 2. The van der Waals surface area contributed by atoms with E-state index in [2.05, 4.69) is 0 Å². The van der Waals surface area contributed by atoms with Gasteiger partial charge in [-0.25, -0.2) is 4.79 Å². The number of carbonyl (C=O) groups is 2. The molecule has 0 fully saturated rings. The normalized spacial score (nSPS) is 16.5. The van der Waals surface area contributed by atoms with E-state index in [1.807, 2.05) is 13.8 Å². The highest BCUT2D eigenvalue weighted by molar-refractivity contribution is 5.74. The van der Waals surface area contributed by atoms with Gasteiger partial charge >= 0.3 is 11.9 Å². The van der Waals surface area contributed by atoms with E-state index in [0.29, 0.717) is 6.61 Å². The van der Waals surface area contributed by atoms with E-state index in [0.717, 1.165) is 0 Å². The van der Waals surface area contributed by atoms with Gasteiger partial charge in [-0.3, -0.25) is 4.79 Å². The maximum absolute atomic E-state index is 11.9. The largest absolute Gasteiger partial charge is 0.460 e. The van der Waals surface area contributed by atoms with Gasteiger partial charge in [-0.1, -0.05) is 0 Å². The summed E-state index contributed by atoms with van der Waals surface area (Å²) in [6, 6.07) is 0. The number of hydrogen-bond donors (Lipinski definition) is 0. The Hall–Kier alpha value is -1.18. The zero-order valence-electron chi connectivity index (χ0n) is 15.2. The van der Waals surface area contributed by atoms with Gasteiger partial charge < -0.3 is 23.7 Å². The molecule has 0 amide bonds. The lowest BCUT2D eigenvalue weighted by Gasteiger charge is -2.22. The molecule has 0 rings (SSSR count). The SMILES string of the molecule is CC(=O)OC(C)COC(C)OC(C)C(=O)OC(C)COC(C)C. The van der Waals surface area contributed by atoms with Crippen LogP contribution in [0.2, 0.25) is 0 Å². The van der Waals surface area contributed by atoms with E-state index in [9.17, 15) is 9.59 Å². The standard InChI is InChI=1S/C16H30O7/c1-10(2)19-8-12(4)22-16(18)13(5)23-15(7)20-9-11(3)21-14(6)17/h10-13,15H,8-9H2,1-7H3. The number of esters is 2. The van der Waals surface area contributed by atoms with Gasteiger partial charge in [-0.05, 0) is 41.5 Å².